The van der Waals surface area contributed by atoms with Crippen LogP contribution in [0.1, 0.15) is 52.4 Å². The number of likely N-dealkylation sites (tertiary alicyclic amines) is 1. The Kier molecular flexibility index (Phi) is 5.97. The van der Waals surface area contributed by atoms with Crippen LogP contribution in [0.2, 0.25) is 0 Å². The standard InChI is InChI=1S/C16H32N2/c1-3-17(4-2)11-7-8-12-18-13-15-9-5-6-10-16(15)14-18/h15-16H,3-14H2,1-2H3/t15-,16+. The second-order valence-corrected chi connectivity index (χ2v) is 6.30. The molecule has 0 unspecified atom stereocenters. The molecule has 0 aromatic rings. The summed E-state index contributed by atoms with van der Waals surface area (Å²) >= 11 is 0. The highest BCUT2D eigenvalue weighted by atomic mass is 15.2. The monoisotopic (exact) mass is 252 g/mol. The van der Waals surface area contributed by atoms with Crippen molar-refractivity contribution in [3.05, 3.63) is 0 Å². The van der Waals surface area contributed by atoms with Crippen molar-refractivity contribution in [2.75, 3.05) is 39.3 Å². The summed E-state index contributed by atoms with van der Waals surface area (Å²) in [5, 5.41) is 0. The van der Waals surface area contributed by atoms with Crippen LogP contribution in [0, 0.1) is 11.8 Å². The molecular formula is C16H32N2. The zero-order valence-electron chi connectivity index (χ0n) is 12.5. The zero-order valence-corrected chi connectivity index (χ0v) is 12.5. The van der Waals surface area contributed by atoms with Gasteiger partial charge < -0.3 is 9.80 Å². The van der Waals surface area contributed by atoms with Gasteiger partial charge in [-0.05, 0) is 63.7 Å². The minimum Gasteiger partial charge on any atom is -0.304 e. The van der Waals surface area contributed by atoms with Crippen LogP contribution in [0.5, 0.6) is 0 Å². The van der Waals surface area contributed by atoms with Gasteiger partial charge in [-0.3, -0.25) is 0 Å². The molecule has 2 nitrogen and oxygen atoms in total. The summed E-state index contributed by atoms with van der Waals surface area (Å²) in [5.74, 6) is 2.11. The van der Waals surface area contributed by atoms with Crippen molar-refractivity contribution in [1.29, 1.82) is 0 Å². The van der Waals surface area contributed by atoms with E-state index >= 15 is 0 Å². The number of rotatable bonds is 7. The van der Waals surface area contributed by atoms with Gasteiger partial charge in [0.15, 0.2) is 0 Å². The Morgan fingerprint density at radius 3 is 2.11 bits per heavy atom. The van der Waals surface area contributed by atoms with Gasteiger partial charge >= 0.3 is 0 Å². The Labute approximate surface area is 114 Å². The molecule has 0 aromatic heterocycles. The Morgan fingerprint density at radius 2 is 1.56 bits per heavy atom. The molecule has 106 valence electrons. The second-order valence-electron chi connectivity index (χ2n) is 6.30. The first-order valence-corrected chi connectivity index (χ1v) is 8.28. The fourth-order valence-electron chi connectivity index (χ4n) is 3.90. The fourth-order valence-corrected chi connectivity index (χ4v) is 3.90. The molecule has 2 heteroatoms. The molecule has 0 radical (unpaired) electrons. The van der Waals surface area contributed by atoms with E-state index in [2.05, 4.69) is 23.6 Å². The number of hydrogen-bond donors (Lipinski definition) is 0. The van der Waals surface area contributed by atoms with Crippen LogP contribution in [0.25, 0.3) is 0 Å². The minimum atomic E-state index is 1.06. The molecule has 2 rings (SSSR count). The number of nitrogens with zero attached hydrogens (tertiary/aromatic N) is 2. The smallest absolute Gasteiger partial charge is 0.00129 e. The predicted octanol–water partition coefficient (Wildman–Crippen LogP) is 3.23. The molecule has 0 aromatic carbocycles. The largest absolute Gasteiger partial charge is 0.304 e. The lowest BCUT2D eigenvalue weighted by atomic mass is 9.82. The van der Waals surface area contributed by atoms with Gasteiger partial charge in [-0.15, -0.1) is 0 Å². The average Bonchev–Trinajstić information content (AvgIpc) is 2.81. The summed E-state index contributed by atoms with van der Waals surface area (Å²) in [6, 6.07) is 0. The average molecular weight is 252 g/mol. The summed E-state index contributed by atoms with van der Waals surface area (Å²) < 4.78 is 0. The lowest BCUT2D eigenvalue weighted by Gasteiger charge is -2.23. The third-order valence-electron chi connectivity index (χ3n) is 5.15. The maximum Gasteiger partial charge on any atom is 0.00129 e. The molecule has 1 aliphatic heterocycles. The lowest BCUT2D eigenvalue weighted by Crippen LogP contribution is -2.26. The van der Waals surface area contributed by atoms with E-state index in [1.807, 2.05) is 0 Å². The Balaban J connectivity index is 1.57. The Bertz CT molecular complexity index is 211. The van der Waals surface area contributed by atoms with Gasteiger partial charge in [0.25, 0.3) is 0 Å². The highest BCUT2D eigenvalue weighted by Crippen LogP contribution is 2.35. The summed E-state index contributed by atoms with van der Waals surface area (Å²) in [5.41, 5.74) is 0. The van der Waals surface area contributed by atoms with Gasteiger partial charge in [0.1, 0.15) is 0 Å². The molecule has 1 saturated heterocycles. The molecular weight excluding hydrogens is 220 g/mol. The van der Waals surface area contributed by atoms with E-state index in [1.165, 1.54) is 77.8 Å². The first kappa shape index (κ1) is 14.3. The number of hydrogen-bond acceptors (Lipinski definition) is 2. The molecule has 1 aliphatic carbocycles. The molecule has 0 bridgehead atoms. The minimum absolute atomic E-state index is 1.06. The van der Waals surface area contributed by atoms with Crippen molar-refractivity contribution in [3.8, 4) is 0 Å². The quantitative estimate of drug-likeness (QED) is 0.642. The van der Waals surface area contributed by atoms with Crippen LogP contribution < -0.4 is 0 Å². The summed E-state index contributed by atoms with van der Waals surface area (Å²) in [6.45, 7) is 12.5. The van der Waals surface area contributed by atoms with Crippen LogP contribution in [0.3, 0.4) is 0 Å². The van der Waals surface area contributed by atoms with Gasteiger partial charge in [0, 0.05) is 13.1 Å². The van der Waals surface area contributed by atoms with Crippen molar-refractivity contribution < 1.29 is 0 Å². The lowest BCUT2D eigenvalue weighted by molar-refractivity contribution is 0.272. The van der Waals surface area contributed by atoms with Gasteiger partial charge in [-0.1, -0.05) is 26.7 Å². The van der Waals surface area contributed by atoms with Gasteiger partial charge in [0.05, 0.1) is 0 Å². The molecule has 0 N–H and O–H groups in total. The first-order chi connectivity index (χ1) is 8.83. The topological polar surface area (TPSA) is 6.48 Å². The van der Waals surface area contributed by atoms with E-state index in [-0.39, 0.29) is 0 Å². The van der Waals surface area contributed by atoms with E-state index in [0.717, 1.165) is 11.8 Å². The predicted molar refractivity (Wildman–Crippen MR) is 78.9 cm³/mol. The van der Waals surface area contributed by atoms with E-state index < -0.39 is 0 Å². The van der Waals surface area contributed by atoms with Crippen molar-refractivity contribution >= 4 is 0 Å². The maximum absolute atomic E-state index is 2.75. The van der Waals surface area contributed by atoms with Crippen molar-refractivity contribution in [3.63, 3.8) is 0 Å². The highest BCUT2D eigenvalue weighted by Gasteiger charge is 2.33. The van der Waals surface area contributed by atoms with Crippen LogP contribution >= 0.6 is 0 Å². The molecule has 1 saturated carbocycles. The fraction of sp³-hybridized carbons (Fsp3) is 1.00. The van der Waals surface area contributed by atoms with Gasteiger partial charge in [-0.2, -0.15) is 0 Å². The Morgan fingerprint density at radius 1 is 0.944 bits per heavy atom. The summed E-state index contributed by atoms with van der Waals surface area (Å²) in [4.78, 5) is 5.30. The zero-order chi connectivity index (χ0) is 12.8. The third kappa shape index (κ3) is 3.96. The SMILES string of the molecule is CCN(CC)CCCCN1C[C@H]2CCCC[C@H]2C1. The summed E-state index contributed by atoms with van der Waals surface area (Å²) in [7, 11) is 0. The normalized spacial score (nSPS) is 28.8. The van der Waals surface area contributed by atoms with Gasteiger partial charge in [-0.25, -0.2) is 0 Å². The van der Waals surface area contributed by atoms with Crippen LogP contribution in [0.4, 0.5) is 0 Å². The second kappa shape index (κ2) is 7.49. The van der Waals surface area contributed by atoms with Crippen molar-refractivity contribution in [2.24, 2.45) is 11.8 Å². The molecule has 2 atom stereocenters. The van der Waals surface area contributed by atoms with Gasteiger partial charge in [0.2, 0.25) is 0 Å². The van der Waals surface area contributed by atoms with E-state index in [4.69, 9.17) is 0 Å². The third-order valence-corrected chi connectivity index (χ3v) is 5.15. The molecule has 0 spiro atoms. The molecule has 1 heterocycles. The highest BCUT2D eigenvalue weighted by molar-refractivity contribution is 4.86. The Hall–Kier alpha value is -0.0800. The molecule has 2 fully saturated rings. The molecule has 2 aliphatic rings. The first-order valence-electron chi connectivity index (χ1n) is 8.28. The van der Waals surface area contributed by atoms with Crippen LogP contribution in [-0.2, 0) is 0 Å². The summed E-state index contributed by atoms with van der Waals surface area (Å²) in [6.07, 6.45) is 8.80. The molecule has 18 heavy (non-hydrogen) atoms. The van der Waals surface area contributed by atoms with Crippen LogP contribution in [-0.4, -0.2) is 49.1 Å². The van der Waals surface area contributed by atoms with E-state index in [9.17, 15) is 0 Å². The van der Waals surface area contributed by atoms with E-state index in [1.54, 1.807) is 0 Å². The number of unbranched alkanes of at least 4 members (excludes halogenated alkanes) is 1. The van der Waals surface area contributed by atoms with Crippen molar-refractivity contribution in [2.45, 2.75) is 52.4 Å². The van der Waals surface area contributed by atoms with Crippen molar-refractivity contribution in [1.82, 2.24) is 9.80 Å². The molecule has 0 amide bonds. The van der Waals surface area contributed by atoms with Crippen LogP contribution in [0.15, 0.2) is 0 Å². The van der Waals surface area contributed by atoms with E-state index in [0.29, 0.717) is 0 Å². The number of fused-ring (bicyclic) bond motifs is 1. The maximum atomic E-state index is 2.75.